The molecule has 1 aromatic rings. The van der Waals surface area contributed by atoms with Gasteiger partial charge < -0.3 is 15.0 Å². The third-order valence-electron chi connectivity index (χ3n) is 4.19. The fourth-order valence-electron chi connectivity index (χ4n) is 3.08. The van der Waals surface area contributed by atoms with Gasteiger partial charge in [0.25, 0.3) is 0 Å². The highest BCUT2D eigenvalue weighted by atomic mass is 16.5. The molecule has 1 aromatic heterocycles. The number of aromatic nitrogens is 2. The Kier molecular flexibility index (Phi) is 5.01. The summed E-state index contributed by atoms with van der Waals surface area (Å²) in [5.41, 5.74) is 5.27. The highest BCUT2D eigenvalue weighted by Crippen LogP contribution is 2.25. The molecule has 0 spiro atoms. The predicted octanol–water partition coefficient (Wildman–Crippen LogP) is -0.433. The van der Waals surface area contributed by atoms with Crippen LogP contribution in [0.5, 0.6) is 0 Å². The summed E-state index contributed by atoms with van der Waals surface area (Å²) in [6, 6.07) is 0. The van der Waals surface area contributed by atoms with Gasteiger partial charge in [-0.25, -0.2) is 0 Å². The first-order chi connectivity index (χ1) is 10.7. The number of nitrogens with two attached hydrogens (primary N) is 1. The Morgan fingerprint density at radius 1 is 1.27 bits per heavy atom. The van der Waals surface area contributed by atoms with Gasteiger partial charge in [0.1, 0.15) is 0 Å². The molecule has 2 fully saturated rings. The molecule has 2 aliphatic rings. The van der Waals surface area contributed by atoms with E-state index in [9.17, 15) is 4.79 Å². The van der Waals surface area contributed by atoms with Crippen LogP contribution < -0.4 is 5.73 Å². The van der Waals surface area contributed by atoms with E-state index in [0.717, 1.165) is 58.1 Å². The lowest BCUT2D eigenvalue weighted by molar-refractivity contribution is -0.119. The Morgan fingerprint density at radius 3 is 2.86 bits per heavy atom. The van der Waals surface area contributed by atoms with E-state index < -0.39 is 0 Å². The molecule has 1 unspecified atom stereocenters. The molecule has 0 aromatic carbocycles. The monoisotopic (exact) mass is 309 g/mol. The Labute approximate surface area is 129 Å². The van der Waals surface area contributed by atoms with Gasteiger partial charge in [-0.3, -0.25) is 14.6 Å². The molecule has 122 valence electrons. The minimum atomic E-state index is -0.292. The van der Waals surface area contributed by atoms with Crippen LogP contribution in [-0.4, -0.2) is 71.8 Å². The van der Waals surface area contributed by atoms with Crippen LogP contribution in [-0.2, 0) is 16.1 Å². The SMILES string of the molecule is NC(=O)CN1CCCC(c2nc(CN3CCOCC3)no2)C1. The standard InChI is InChI=1S/C14H23N5O3/c15-12(20)9-19-3-1-2-11(8-19)14-16-13(17-22-14)10-18-4-6-21-7-5-18/h11H,1-10H2,(H2,15,20). The van der Waals surface area contributed by atoms with E-state index in [1.54, 1.807) is 0 Å². The molecule has 3 rings (SSSR count). The minimum absolute atomic E-state index is 0.194. The Balaban J connectivity index is 1.56. The highest BCUT2D eigenvalue weighted by molar-refractivity contribution is 5.75. The molecule has 8 heteroatoms. The van der Waals surface area contributed by atoms with Crippen molar-refractivity contribution in [1.29, 1.82) is 0 Å². The average molecular weight is 309 g/mol. The Hall–Kier alpha value is -1.51. The smallest absolute Gasteiger partial charge is 0.231 e. The van der Waals surface area contributed by atoms with Gasteiger partial charge in [-0.1, -0.05) is 5.16 Å². The van der Waals surface area contributed by atoms with E-state index in [1.165, 1.54) is 0 Å². The maximum absolute atomic E-state index is 11.0. The summed E-state index contributed by atoms with van der Waals surface area (Å²) >= 11 is 0. The number of primary amides is 1. The van der Waals surface area contributed by atoms with Crippen LogP contribution in [0.15, 0.2) is 4.52 Å². The van der Waals surface area contributed by atoms with E-state index in [2.05, 4.69) is 19.9 Å². The van der Waals surface area contributed by atoms with Crippen molar-refractivity contribution < 1.29 is 14.1 Å². The van der Waals surface area contributed by atoms with Gasteiger partial charge >= 0.3 is 0 Å². The number of carbonyl (C=O) groups excluding carboxylic acids is 1. The second kappa shape index (κ2) is 7.17. The fourth-order valence-corrected chi connectivity index (χ4v) is 3.08. The molecule has 8 nitrogen and oxygen atoms in total. The number of carbonyl (C=O) groups is 1. The lowest BCUT2D eigenvalue weighted by Gasteiger charge is -2.29. The number of ether oxygens (including phenoxy) is 1. The van der Waals surface area contributed by atoms with E-state index >= 15 is 0 Å². The number of rotatable bonds is 5. The van der Waals surface area contributed by atoms with Crippen LogP contribution in [0.3, 0.4) is 0 Å². The summed E-state index contributed by atoms with van der Waals surface area (Å²) in [5.74, 6) is 1.31. The van der Waals surface area contributed by atoms with Crippen LogP contribution >= 0.6 is 0 Å². The zero-order valence-corrected chi connectivity index (χ0v) is 12.7. The van der Waals surface area contributed by atoms with Crippen LogP contribution in [0.4, 0.5) is 0 Å². The van der Waals surface area contributed by atoms with Gasteiger partial charge in [-0.2, -0.15) is 4.98 Å². The van der Waals surface area contributed by atoms with Crippen molar-refractivity contribution in [3.63, 3.8) is 0 Å². The predicted molar refractivity (Wildman–Crippen MR) is 78.0 cm³/mol. The first-order valence-corrected chi connectivity index (χ1v) is 7.84. The summed E-state index contributed by atoms with van der Waals surface area (Å²) in [7, 11) is 0. The van der Waals surface area contributed by atoms with Gasteiger partial charge in [0, 0.05) is 19.6 Å². The largest absolute Gasteiger partial charge is 0.379 e. The van der Waals surface area contributed by atoms with Gasteiger partial charge in [-0.15, -0.1) is 0 Å². The molecule has 2 aliphatic heterocycles. The molecule has 22 heavy (non-hydrogen) atoms. The second-order valence-corrected chi connectivity index (χ2v) is 5.98. The molecule has 1 atom stereocenters. The maximum atomic E-state index is 11.0. The third kappa shape index (κ3) is 4.02. The Morgan fingerprint density at radius 2 is 2.09 bits per heavy atom. The Bertz CT molecular complexity index is 500. The third-order valence-corrected chi connectivity index (χ3v) is 4.19. The number of nitrogens with zero attached hydrogens (tertiary/aromatic N) is 4. The van der Waals surface area contributed by atoms with Crippen molar-refractivity contribution in [2.45, 2.75) is 25.3 Å². The molecule has 0 saturated carbocycles. The van der Waals surface area contributed by atoms with Gasteiger partial charge in [-0.05, 0) is 19.4 Å². The first-order valence-electron chi connectivity index (χ1n) is 7.84. The highest BCUT2D eigenvalue weighted by Gasteiger charge is 2.27. The average Bonchev–Trinajstić information content (AvgIpc) is 2.96. The van der Waals surface area contributed by atoms with Crippen molar-refractivity contribution in [2.24, 2.45) is 5.73 Å². The number of hydrogen-bond donors (Lipinski definition) is 1. The number of likely N-dealkylation sites (tertiary alicyclic amines) is 1. The van der Waals surface area contributed by atoms with Crippen LogP contribution in [0.1, 0.15) is 30.5 Å². The lowest BCUT2D eigenvalue weighted by Crippen LogP contribution is -2.40. The normalized spacial score (nSPS) is 24.5. The quantitative estimate of drug-likeness (QED) is 0.788. The molecule has 0 radical (unpaired) electrons. The zero-order chi connectivity index (χ0) is 15.4. The maximum Gasteiger partial charge on any atom is 0.231 e. The molecule has 0 aliphatic carbocycles. The second-order valence-electron chi connectivity index (χ2n) is 5.98. The van der Waals surface area contributed by atoms with E-state index in [4.69, 9.17) is 15.0 Å². The van der Waals surface area contributed by atoms with Crippen molar-refractivity contribution in [3.8, 4) is 0 Å². The van der Waals surface area contributed by atoms with E-state index in [-0.39, 0.29) is 11.8 Å². The first kappa shape index (κ1) is 15.4. The van der Waals surface area contributed by atoms with Gasteiger partial charge in [0.2, 0.25) is 11.8 Å². The number of hydrogen-bond acceptors (Lipinski definition) is 7. The summed E-state index contributed by atoms with van der Waals surface area (Å²) < 4.78 is 10.8. The van der Waals surface area contributed by atoms with Crippen molar-refractivity contribution in [3.05, 3.63) is 11.7 Å². The van der Waals surface area contributed by atoms with E-state index in [0.29, 0.717) is 19.0 Å². The van der Waals surface area contributed by atoms with Crippen LogP contribution in [0.25, 0.3) is 0 Å². The number of amides is 1. The fraction of sp³-hybridized carbons (Fsp3) is 0.786. The van der Waals surface area contributed by atoms with Gasteiger partial charge in [0.15, 0.2) is 5.82 Å². The molecule has 2 saturated heterocycles. The summed E-state index contributed by atoms with van der Waals surface area (Å²) in [6.07, 6.45) is 2.02. The molecule has 2 N–H and O–H groups in total. The van der Waals surface area contributed by atoms with Crippen LogP contribution in [0.2, 0.25) is 0 Å². The zero-order valence-electron chi connectivity index (χ0n) is 12.7. The lowest BCUT2D eigenvalue weighted by atomic mass is 9.98. The number of piperidine rings is 1. The molecule has 3 heterocycles. The van der Waals surface area contributed by atoms with Gasteiger partial charge in [0.05, 0.1) is 32.2 Å². The van der Waals surface area contributed by atoms with Crippen LogP contribution in [0, 0.1) is 0 Å². The summed E-state index contributed by atoms with van der Waals surface area (Å²) in [5, 5.41) is 4.09. The molecule has 1 amide bonds. The minimum Gasteiger partial charge on any atom is -0.379 e. The topological polar surface area (TPSA) is 97.7 Å². The summed E-state index contributed by atoms with van der Waals surface area (Å²) in [6.45, 7) is 5.97. The van der Waals surface area contributed by atoms with E-state index in [1.807, 2.05) is 0 Å². The molecule has 0 bridgehead atoms. The van der Waals surface area contributed by atoms with Crippen molar-refractivity contribution in [2.75, 3.05) is 45.9 Å². The van der Waals surface area contributed by atoms with Crippen molar-refractivity contribution in [1.82, 2.24) is 19.9 Å². The number of morpholine rings is 1. The summed E-state index contributed by atoms with van der Waals surface area (Å²) in [4.78, 5) is 19.9. The molecular weight excluding hydrogens is 286 g/mol. The van der Waals surface area contributed by atoms with Crippen molar-refractivity contribution >= 4 is 5.91 Å². The molecular formula is C14H23N5O3.